The Morgan fingerprint density at radius 3 is 3.00 bits per heavy atom. The number of fused-ring (bicyclic) bond motifs is 4. The molecule has 0 saturated heterocycles. The molecule has 0 spiro atoms. The lowest BCUT2D eigenvalue weighted by Crippen LogP contribution is -2.13. The van der Waals surface area contributed by atoms with Crippen molar-refractivity contribution in [3.8, 4) is 0 Å². The van der Waals surface area contributed by atoms with Crippen LogP contribution in [-0.4, -0.2) is 25.6 Å². The van der Waals surface area contributed by atoms with E-state index in [1.165, 1.54) is 24.0 Å². The molecular formula is C18H19N5. The van der Waals surface area contributed by atoms with E-state index in [9.17, 15) is 0 Å². The van der Waals surface area contributed by atoms with Crippen LogP contribution in [0.1, 0.15) is 34.7 Å². The molecule has 0 amide bonds. The highest BCUT2D eigenvalue weighted by atomic mass is 15.4. The lowest BCUT2D eigenvalue weighted by Gasteiger charge is -2.13. The lowest BCUT2D eigenvalue weighted by atomic mass is 9.92. The molecule has 5 nitrogen and oxygen atoms in total. The fraction of sp³-hybridized carbons (Fsp3) is 0.389. The molecule has 0 aliphatic heterocycles. The minimum absolute atomic E-state index is 0.492. The fourth-order valence-corrected chi connectivity index (χ4v) is 4.12. The molecule has 23 heavy (non-hydrogen) atoms. The van der Waals surface area contributed by atoms with Crippen LogP contribution in [-0.2, 0) is 6.42 Å². The number of anilines is 1. The van der Waals surface area contributed by atoms with Crippen molar-refractivity contribution in [3.63, 3.8) is 0 Å². The zero-order valence-corrected chi connectivity index (χ0v) is 13.3. The molecule has 116 valence electrons. The van der Waals surface area contributed by atoms with Crippen molar-refractivity contribution in [2.45, 2.75) is 38.6 Å². The van der Waals surface area contributed by atoms with Gasteiger partial charge in [0, 0.05) is 23.2 Å². The van der Waals surface area contributed by atoms with E-state index >= 15 is 0 Å². The number of hydrogen-bond acceptors (Lipinski definition) is 4. The highest BCUT2D eigenvalue weighted by molar-refractivity contribution is 5.55. The average Bonchev–Trinajstić information content (AvgIpc) is 3.08. The van der Waals surface area contributed by atoms with Crippen molar-refractivity contribution in [1.29, 1.82) is 0 Å². The molecule has 3 aromatic rings. The van der Waals surface area contributed by atoms with Gasteiger partial charge in [0.05, 0.1) is 0 Å². The van der Waals surface area contributed by atoms with E-state index in [4.69, 9.17) is 0 Å². The Morgan fingerprint density at radius 2 is 2.09 bits per heavy atom. The van der Waals surface area contributed by atoms with Crippen LogP contribution in [0.2, 0.25) is 0 Å². The van der Waals surface area contributed by atoms with Crippen LogP contribution in [0.3, 0.4) is 0 Å². The van der Waals surface area contributed by atoms with Crippen LogP contribution in [0, 0.1) is 19.8 Å². The summed E-state index contributed by atoms with van der Waals surface area (Å²) in [4.78, 5) is 8.74. The lowest BCUT2D eigenvalue weighted by molar-refractivity contribution is 0.661. The summed E-state index contributed by atoms with van der Waals surface area (Å²) in [5.41, 5.74) is 5.21. The Bertz CT molecular complexity index is 913. The summed E-state index contributed by atoms with van der Waals surface area (Å²) in [6, 6.07) is 9.38. The summed E-state index contributed by atoms with van der Waals surface area (Å²) in [5.74, 6) is 3.07. The maximum Gasteiger partial charge on any atom is 0.254 e. The molecule has 2 aromatic heterocycles. The van der Waals surface area contributed by atoms with Gasteiger partial charge >= 0.3 is 0 Å². The maximum atomic E-state index is 4.50. The standard InChI is InChI=1S/C18H19N5/c1-10-11(2)21-18-19-9-20-23(18)17(10)22-16-14-8-7-12-5-3-4-6-13(12)15(14)16/h3-6,9,14-16,22H,7-8H2,1-2H3. The van der Waals surface area contributed by atoms with E-state index in [2.05, 4.69) is 51.6 Å². The molecule has 0 radical (unpaired) electrons. The van der Waals surface area contributed by atoms with Gasteiger partial charge in [0.15, 0.2) is 0 Å². The number of benzene rings is 1. The summed E-state index contributed by atoms with van der Waals surface area (Å²) >= 11 is 0. The second kappa shape index (κ2) is 4.54. The molecule has 5 rings (SSSR count). The predicted octanol–water partition coefficient (Wildman–Crippen LogP) is 2.88. The molecule has 2 aliphatic carbocycles. The summed E-state index contributed by atoms with van der Waals surface area (Å²) in [5, 5.41) is 8.10. The van der Waals surface area contributed by atoms with E-state index in [1.807, 2.05) is 11.4 Å². The van der Waals surface area contributed by atoms with Crippen molar-refractivity contribution in [2.24, 2.45) is 5.92 Å². The number of hydrogen-bond donors (Lipinski definition) is 1. The van der Waals surface area contributed by atoms with E-state index in [-0.39, 0.29) is 0 Å². The third kappa shape index (κ3) is 1.82. The molecule has 5 heteroatoms. The van der Waals surface area contributed by atoms with Gasteiger partial charge in [0.1, 0.15) is 12.1 Å². The molecular weight excluding hydrogens is 286 g/mol. The Labute approximate surface area is 134 Å². The van der Waals surface area contributed by atoms with Gasteiger partial charge in [-0.2, -0.15) is 14.6 Å². The number of rotatable bonds is 2. The van der Waals surface area contributed by atoms with Crippen molar-refractivity contribution in [3.05, 3.63) is 53.0 Å². The smallest absolute Gasteiger partial charge is 0.254 e. The van der Waals surface area contributed by atoms with Crippen molar-refractivity contribution in [1.82, 2.24) is 19.6 Å². The topological polar surface area (TPSA) is 55.1 Å². The van der Waals surface area contributed by atoms with Crippen LogP contribution in [0.15, 0.2) is 30.6 Å². The van der Waals surface area contributed by atoms with E-state index < -0.39 is 0 Å². The first-order chi connectivity index (χ1) is 11.2. The molecule has 0 bridgehead atoms. The largest absolute Gasteiger partial charge is 0.366 e. The minimum atomic E-state index is 0.492. The van der Waals surface area contributed by atoms with Crippen molar-refractivity contribution >= 4 is 11.6 Å². The van der Waals surface area contributed by atoms with Crippen LogP contribution < -0.4 is 5.32 Å². The SMILES string of the molecule is Cc1nc2ncnn2c(NC2C3CCc4ccccc4C32)c1C. The number of nitrogens with one attached hydrogen (secondary N) is 1. The minimum Gasteiger partial charge on any atom is -0.366 e. The first kappa shape index (κ1) is 13.0. The van der Waals surface area contributed by atoms with Gasteiger partial charge < -0.3 is 5.32 Å². The van der Waals surface area contributed by atoms with Gasteiger partial charge in [0.2, 0.25) is 0 Å². The molecule has 1 N–H and O–H groups in total. The number of nitrogens with zero attached hydrogens (tertiary/aromatic N) is 4. The monoisotopic (exact) mass is 305 g/mol. The van der Waals surface area contributed by atoms with E-state index in [1.54, 1.807) is 6.33 Å². The Morgan fingerprint density at radius 1 is 1.22 bits per heavy atom. The highest BCUT2D eigenvalue weighted by Crippen LogP contribution is 2.55. The molecule has 2 aliphatic rings. The molecule has 1 aromatic carbocycles. The van der Waals surface area contributed by atoms with Crippen molar-refractivity contribution < 1.29 is 0 Å². The molecule has 1 fully saturated rings. The Balaban J connectivity index is 1.53. The summed E-state index contributed by atoms with van der Waals surface area (Å²) < 4.78 is 1.83. The zero-order valence-electron chi connectivity index (χ0n) is 13.3. The summed E-state index contributed by atoms with van der Waals surface area (Å²) in [6.45, 7) is 4.14. The second-order valence-corrected chi connectivity index (χ2v) is 6.74. The zero-order chi connectivity index (χ0) is 15.6. The van der Waals surface area contributed by atoms with Gasteiger partial charge in [-0.15, -0.1) is 0 Å². The number of aromatic nitrogens is 4. The molecule has 3 atom stereocenters. The third-order valence-electron chi connectivity index (χ3n) is 5.54. The van der Waals surface area contributed by atoms with E-state index in [0.717, 1.165) is 23.0 Å². The predicted molar refractivity (Wildman–Crippen MR) is 88.7 cm³/mol. The van der Waals surface area contributed by atoms with Gasteiger partial charge in [-0.3, -0.25) is 0 Å². The highest BCUT2D eigenvalue weighted by Gasteiger charge is 2.53. The quantitative estimate of drug-likeness (QED) is 0.791. The Hall–Kier alpha value is -2.43. The first-order valence-electron chi connectivity index (χ1n) is 8.25. The average molecular weight is 305 g/mol. The molecule has 1 saturated carbocycles. The van der Waals surface area contributed by atoms with Gasteiger partial charge in [-0.05, 0) is 43.7 Å². The van der Waals surface area contributed by atoms with Crippen LogP contribution >= 0.6 is 0 Å². The summed E-state index contributed by atoms with van der Waals surface area (Å²) in [7, 11) is 0. The maximum absolute atomic E-state index is 4.50. The normalized spacial score (nSPS) is 25.0. The van der Waals surface area contributed by atoms with Crippen molar-refractivity contribution in [2.75, 3.05) is 5.32 Å². The first-order valence-corrected chi connectivity index (χ1v) is 8.25. The van der Waals surface area contributed by atoms with Gasteiger partial charge in [-0.25, -0.2) is 4.98 Å². The molecule has 3 unspecified atom stereocenters. The van der Waals surface area contributed by atoms with Crippen LogP contribution in [0.5, 0.6) is 0 Å². The summed E-state index contributed by atoms with van der Waals surface area (Å²) in [6.07, 6.45) is 4.03. The van der Waals surface area contributed by atoms with Gasteiger partial charge in [-0.1, -0.05) is 24.3 Å². The fourth-order valence-electron chi connectivity index (χ4n) is 4.12. The van der Waals surface area contributed by atoms with Gasteiger partial charge in [0.25, 0.3) is 5.78 Å². The molecule has 2 heterocycles. The Kier molecular flexibility index (Phi) is 2.57. The van der Waals surface area contributed by atoms with Crippen LogP contribution in [0.25, 0.3) is 5.78 Å². The third-order valence-corrected chi connectivity index (χ3v) is 5.54. The number of aryl methyl sites for hydroxylation is 2. The van der Waals surface area contributed by atoms with Crippen LogP contribution in [0.4, 0.5) is 5.82 Å². The second-order valence-electron chi connectivity index (χ2n) is 6.74. The van der Waals surface area contributed by atoms with E-state index in [0.29, 0.717) is 17.7 Å².